The molecule has 3 rings (SSSR count). The quantitative estimate of drug-likeness (QED) is 0.492. The zero-order valence-corrected chi connectivity index (χ0v) is 17.5. The van der Waals surface area contributed by atoms with Gasteiger partial charge in [-0.1, -0.05) is 54.6 Å². The lowest BCUT2D eigenvalue weighted by atomic mass is 10.4. The first kappa shape index (κ1) is 20.6. The Labute approximate surface area is 170 Å². The first-order chi connectivity index (χ1) is 13.4. The average molecular weight is 433 g/mol. The van der Waals surface area contributed by atoms with Gasteiger partial charge in [-0.2, -0.15) is 0 Å². The van der Waals surface area contributed by atoms with E-state index in [1.54, 1.807) is 36.4 Å². The second kappa shape index (κ2) is 8.94. The third-order valence-corrected chi connectivity index (χ3v) is 10.5. The number of thioether (sulfide) groups is 1. The van der Waals surface area contributed by atoms with Gasteiger partial charge >= 0.3 is 0 Å². The zero-order chi connectivity index (χ0) is 20.0. The maximum atomic E-state index is 13.2. The first-order valence-electron chi connectivity index (χ1n) is 8.68. The molecule has 4 nitrogen and oxygen atoms in total. The van der Waals surface area contributed by atoms with Gasteiger partial charge in [-0.05, 0) is 42.8 Å². The van der Waals surface area contributed by atoms with Gasteiger partial charge in [-0.25, -0.2) is 16.8 Å². The number of hydrogen-bond acceptors (Lipinski definition) is 5. The molecule has 0 atom stereocenters. The molecule has 0 saturated heterocycles. The van der Waals surface area contributed by atoms with E-state index >= 15 is 0 Å². The SMILES string of the molecule is O=S(=O)(c1ccccc1)C(CCSc1ccccc1)S(=O)(=O)c1ccccc1. The monoisotopic (exact) mass is 432 g/mol. The van der Waals surface area contributed by atoms with Crippen molar-refractivity contribution in [2.24, 2.45) is 0 Å². The van der Waals surface area contributed by atoms with Crippen LogP contribution in [-0.2, 0) is 19.7 Å². The van der Waals surface area contributed by atoms with E-state index in [1.165, 1.54) is 36.0 Å². The Morgan fingerprint density at radius 2 is 1.00 bits per heavy atom. The highest BCUT2D eigenvalue weighted by molar-refractivity contribution is 8.09. The molecule has 0 unspecified atom stereocenters. The standard InChI is InChI=1S/C21H20O4S3/c22-27(23,19-12-6-2-7-13-19)21(16-17-26-18-10-4-1-5-11-18)28(24,25)20-14-8-3-9-15-20/h1-15,21H,16-17H2. The van der Waals surface area contributed by atoms with Gasteiger partial charge in [-0.15, -0.1) is 11.8 Å². The summed E-state index contributed by atoms with van der Waals surface area (Å²) in [6.45, 7) is 0. The van der Waals surface area contributed by atoms with E-state index < -0.39 is 24.3 Å². The summed E-state index contributed by atoms with van der Waals surface area (Å²) in [6, 6.07) is 25.0. The topological polar surface area (TPSA) is 68.3 Å². The molecule has 0 aliphatic heterocycles. The normalized spacial score (nSPS) is 12.2. The fourth-order valence-corrected chi connectivity index (χ4v) is 8.57. The van der Waals surface area contributed by atoms with Crippen molar-refractivity contribution in [3.05, 3.63) is 91.0 Å². The van der Waals surface area contributed by atoms with Crippen molar-refractivity contribution in [2.75, 3.05) is 5.75 Å². The van der Waals surface area contributed by atoms with Crippen LogP contribution in [0.15, 0.2) is 106 Å². The van der Waals surface area contributed by atoms with E-state index in [2.05, 4.69) is 0 Å². The van der Waals surface area contributed by atoms with E-state index in [0.29, 0.717) is 5.75 Å². The molecule has 3 aromatic carbocycles. The molecule has 0 heterocycles. The Hall–Kier alpha value is -2.09. The van der Waals surface area contributed by atoms with Crippen molar-refractivity contribution in [1.82, 2.24) is 0 Å². The van der Waals surface area contributed by atoms with Gasteiger partial charge in [0.2, 0.25) is 0 Å². The lowest BCUT2D eigenvalue weighted by molar-refractivity contribution is 0.572. The molecule has 0 amide bonds. The van der Waals surface area contributed by atoms with E-state index in [-0.39, 0.29) is 16.2 Å². The van der Waals surface area contributed by atoms with Crippen LogP contribution in [0.4, 0.5) is 0 Å². The summed E-state index contributed by atoms with van der Waals surface area (Å²) < 4.78 is 51.3. The molecule has 0 bridgehead atoms. The molecular formula is C21H20O4S3. The molecule has 0 spiro atoms. The van der Waals surface area contributed by atoms with Crippen LogP contribution in [0.25, 0.3) is 0 Å². The van der Waals surface area contributed by atoms with E-state index in [1.807, 2.05) is 30.3 Å². The minimum absolute atomic E-state index is 0.00594. The molecule has 0 fully saturated rings. The minimum Gasteiger partial charge on any atom is -0.222 e. The second-order valence-corrected chi connectivity index (χ2v) is 11.8. The predicted octanol–water partition coefficient (Wildman–Crippen LogP) is 4.44. The molecule has 0 radical (unpaired) electrons. The lowest BCUT2D eigenvalue weighted by Crippen LogP contribution is -2.31. The molecule has 0 N–H and O–H groups in total. The molecule has 0 aromatic heterocycles. The Morgan fingerprint density at radius 3 is 1.43 bits per heavy atom. The van der Waals surface area contributed by atoms with Crippen LogP contribution in [-0.4, -0.2) is 27.2 Å². The summed E-state index contributed by atoms with van der Waals surface area (Å²) >= 11 is 1.44. The highest BCUT2D eigenvalue weighted by Crippen LogP contribution is 2.30. The van der Waals surface area contributed by atoms with Crippen molar-refractivity contribution in [3.8, 4) is 0 Å². The summed E-state index contributed by atoms with van der Waals surface area (Å²) in [7, 11) is -8.13. The molecule has 3 aromatic rings. The molecule has 0 saturated carbocycles. The average Bonchev–Trinajstić information content (AvgIpc) is 2.73. The van der Waals surface area contributed by atoms with E-state index in [0.717, 1.165) is 4.90 Å². The molecule has 0 aliphatic rings. The van der Waals surface area contributed by atoms with Crippen LogP contribution in [0.5, 0.6) is 0 Å². The Bertz CT molecular complexity index is 1030. The van der Waals surface area contributed by atoms with Crippen molar-refractivity contribution < 1.29 is 16.8 Å². The maximum Gasteiger partial charge on any atom is 0.195 e. The number of rotatable bonds is 8. The summed E-state index contributed by atoms with van der Waals surface area (Å²) in [5, 5.41) is 0. The Morgan fingerprint density at radius 1 is 0.607 bits per heavy atom. The van der Waals surface area contributed by atoms with Crippen LogP contribution in [0.1, 0.15) is 6.42 Å². The van der Waals surface area contributed by atoms with E-state index in [9.17, 15) is 16.8 Å². The van der Waals surface area contributed by atoms with Crippen molar-refractivity contribution in [1.29, 1.82) is 0 Å². The third kappa shape index (κ3) is 4.66. The number of sulfone groups is 2. The van der Waals surface area contributed by atoms with Crippen LogP contribution in [0.3, 0.4) is 0 Å². The Kier molecular flexibility index (Phi) is 6.59. The van der Waals surface area contributed by atoms with Crippen LogP contribution < -0.4 is 0 Å². The van der Waals surface area contributed by atoms with Crippen molar-refractivity contribution >= 4 is 31.4 Å². The fraction of sp³-hybridized carbons (Fsp3) is 0.143. The fourth-order valence-electron chi connectivity index (χ4n) is 2.79. The van der Waals surface area contributed by atoms with Gasteiger partial charge in [0.15, 0.2) is 24.3 Å². The van der Waals surface area contributed by atoms with Crippen LogP contribution in [0.2, 0.25) is 0 Å². The highest BCUT2D eigenvalue weighted by atomic mass is 32.3. The smallest absolute Gasteiger partial charge is 0.195 e. The van der Waals surface area contributed by atoms with Gasteiger partial charge in [-0.3, -0.25) is 0 Å². The van der Waals surface area contributed by atoms with Crippen LogP contribution in [0, 0.1) is 0 Å². The van der Waals surface area contributed by atoms with E-state index in [4.69, 9.17) is 0 Å². The summed E-state index contributed by atoms with van der Waals surface area (Å²) in [6.07, 6.45) is -0.00594. The third-order valence-electron chi connectivity index (χ3n) is 4.20. The van der Waals surface area contributed by atoms with Crippen molar-refractivity contribution in [2.45, 2.75) is 25.7 Å². The largest absolute Gasteiger partial charge is 0.222 e. The second-order valence-electron chi connectivity index (χ2n) is 6.10. The highest BCUT2D eigenvalue weighted by Gasteiger charge is 2.39. The van der Waals surface area contributed by atoms with Gasteiger partial charge in [0.1, 0.15) is 0 Å². The van der Waals surface area contributed by atoms with Gasteiger partial charge in [0, 0.05) is 10.6 Å². The molecular weight excluding hydrogens is 412 g/mol. The minimum atomic E-state index is -4.06. The molecule has 7 heteroatoms. The van der Waals surface area contributed by atoms with Gasteiger partial charge < -0.3 is 0 Å². The summed E-state index contributed by atoms with van der Waals surface area (Å²) in [5.41, 5.74) is 0. The molecule has 146 valence electrons. The zero-order valence-electron chi connectivity index (χ0n) is 15.0. The molecule has 28 heavy (non-hydrogen) atoms. The molecule has 0 aliphatic carbocycles. The van der Waals surface area contributed by atoms with Crippen molar-refractivity contribution in [3.63, 3.8) is 0 Å². The number of hydrogen-bond donors (Lipinski definition) is 0. The van der Waals surface area contributed by atoms with Gasteiger partial charge in [0.05, 0.1) is 9.79 Å². The lowest BCUT2D eigenvalue weighted by Gasteiger charge is -2.18. The first-order valence-corrected chi connectivity index (χ1v) is 12.8. The summed E-state index contributed by atoms with van der Waals surface area (Å²) in [5.74, 6) is 0.368. The van der Waals surface area contributed by atoms with Crippen LogP contribution >= 0.6 is 11.8 Å². The number of benzene rings is 3. The summed E-state index contributed by atoms with van der Waals surface area (Å²) in [4.78, 5) is 1.00. The predicted molar refractivity (Wildman–Crippen MR) is 113 cm³/mol. The Balaban J connectivity index is 1.94. The maximum absolute atomic E-state index is 13.2. The van der Waals surface area contributed by atoms with Gasteiger partial charge in [0.25, 0.3) is 0 Å².